The van der Waals surface area contributed by atoms with Crippen molar-refractivity contribution in [3.05, 3.63) is 95.8 Å². The molecule has 0 spiro atoms. The van der Waals surface area contributed by atoms with Crippen molar-refractivity contribution in [2.24, 2.45) is 10.8 Å². The van der Waals surface area contributed by atoms with Gasteiger partial charge in [-0.25, -0.2) is 4.98 Å². The minimum Gasteiger partial charge on any atom is -0.457 e. The molecule has 0 bridgehead atoms. The van der Waals surface area contributed by atoms with Crippen LogP contribution in [0.1, 0.15) is 52.8 Å². The third-order valence-electron chi connectivity index (χ3n) is 6.32. The molecule has 0 radical (unpaired) electrons. The van der Waals surface area contributed by atoms with Crippen LogP contribution in [0, 0.1) is 10.8 Å². The lowest BCUT2D eigenvalue weighted by atomic mass is 9.49. The quantitative estimate of drug-likeness (QED) is 0.302. The highest BCUT2D eigenvalue weighted by Gasteiger charge is 2.54. The predicted octanol–water partition coefficient (Wildman–Crippen LogP) is 8.38. The monoisotopic (exact) mass is 456 g/mol. The maximum atomic E-state index is 6.37. The standard InChI is InChI=1S/C29H32N2OS/c1-27(2,3)29(28(4,5)6,25-15-7-8-16-30-25)22-12-10-14-24(20-22)32-23-13-9-11-21(19-23)26-31-17-18-33-26/h7-20H,1-6H3. The van der Waals surface area contributed by atoms with Gasteiger partial charge in [-0.1, -0.05) is 71.9 Å². The minimum absolute atomic E-state index is 0.0943. The van der Waals surface area contributed by atoms with E-state index in [1.165, 1.54) is 5.56 Å². The van der Waals surface area contributed by atoms with Crippen molar-refractivity contribution < 1.29 is 4.74 Å². The highest BCUT2D eigenvalue weighted by molar-refractivity contribution is 7.13. The molecule has 33 heavy (non-hydrogen) atoms. The lowest BCUT2D eigenvalue weighted by molar-refractivity contribution is 0.0863. The van der Waals surface area contributed by atoms with Crippen molar-refractivity contribution in [3.63, 3.8) is 0 Å². The van der Waals surface area contributed by atoms with Gasteiger partial charge in [0, 0.05) is 28.8 Å². The molecular formula is C29H32N2OS. The van der Waals surface area contributed by atoms with Crippen molar-refractivity contribution in [2.45, 2.75) is 47.0 Å². The first-order valence-corrected chi connectivity index (χ1v) is 12.2. The molecule has 0 amide bonds. The molecule has 0 aliphatic rings. The first kappa shape index (κ1) is 23.2. The summed E-state index contributed by atoms with van der Waals surface area (Å²) in [5.74, 6) is 1.62. The van der Waals surface area contributed by atoms with Crippen LogP contribution in [-0.2, 0) is 5.41 Å². The van der Waals surface area contributed by atoms with Gasteiger partial charge < -0.3 is 4.74 Å². The van der Waals surface area contributed by atoms with E-state index in [1.807, 2.05) is 48.1 Å². The summed E-state index contributed by atoms with van der Waals surface area (Å²) in [6, 6.07) is 22.8. The van der Waals surface area contributed by atoms with E-state index in [1.54, 1.807) is 11.3 Å². The molecule has 0 atom stereocenters. The maximum absolute atomic E-state index is 6.37. The normalized spacial score (nSPS) is 12.5. The third kappa shape index (κ3) is 4.32. The second-order valence-electron chi connectivity index (χ2n) is 10.5. The zero-order valence-electron chi connectivity index (χ0n) is 20.3. The van der Waals surface area contributed by atoms with E-state index in [4.69, 9.17) is 9.72 Å². The van der Waals surface area contributed by atoms with Crippen LogP contribution in [-0.4, -0.2) is 9.97 Å². The van der Waals surface area contributed by atoms with Crippen molar-refractivity contribution >= 4 is 11.3 Å². The van der Waals surface area contributed by atoms with Crippen molar-refractivity contribution in [2.75, 3.05) is 0 Å². The Morgan fingerprint density at radius 3 is 2.00 bits per heavy atom. The van der Waals surface area contributed by atoms with E-state index in [-0.39, 0.29) is 16.2 Å². The maximum Gasteiger partial charge on any atom is 0.128 e. The van der Waals surface area contributed by atoms with Gasteiger partial charge in [0.05, 0.1) is 5.69 Å². The van der Waals surface area contributed by atoms with Gasteiger partial charge in [-0.05, 0) is 52.8 Å². The average Bonchev–Trinajstić information content (AvgIpc) is 3.28. The topological polar surface area (TPSA) is 35.0 Å². The third-order valence-corrected chi connectivity index (χ3v) is 7.14. The summed E-state index contributed by atoms with van der Waals surface area (Å²) in [6.45, 7) is 13.8. The second kappa shape index (κ2) is 8.75. The van der Waals surface area contributed by atoms with Crippen molar-refractivity contribution in [1.82, 2.24) is 9.97 Å². The summed E-state index contributed by atoms with van der Waals surface area (Å²) in [7, 11) is 0. The van der Waals surface area contributed by atoms with Gasteiger partial charge in [-0.15, -0.1) is 11.3 Å². The number of ether oxygens (including phenoxy) is 1. The predicted molar refractivity (Wildman–Crippen MR) is 138 cm³/mol. The molecule has 2 heterocycles. The summed E-state index contributed by atoms with van der Waals surface area (Å²) < 4.78 is 6.37. The van der Waals surface area contributed by atoms with E-state index >= 15 is 0 Å². The summed E-state index contributed by atoms with van der Waals surface area (Å²) in [5.41, 5.74) is 2.82. The first-order valence-electron chi connectivity index (χ1n) is 11.3. The van der Waals surface area contributed by atoms with Crippen LogP contribution >= 0.6 is 11.3 Å². The van der Waals surface area contributed by atoms with Gasteiger partial charge in [0.2, 0.25) is 0 Å². The van der Waals surface area contributed by atoms with Crippen LogP contribution in [0.15, 0.2) is 84.5 Å². The number of aromatic nitrogens is 2. The SMILES string of the molecule is CC(C)(C)C(c1cccc(Oc2cccc(-c3nccs3)c2)c1)(c1ccccn1)C(C)(C)C. The summed E-state index contributed by atoms with van der Waals surface area (Å²) >= 11 is 1.63. The van der Waals surface area contributed by atoms with Crippen LogP contribution in [0.5, 0.6) is 11.5 Å². The van der Waals surface area contributed by atoms with Gasteiger partial charge in [-0.3, -0.25) is 4.98 Å². The Hall–Kier alpha value is -2.98. The van der Waals surface area contributed by atoms with Crippen LogP contribution in [0.4, 0.5) is 0 Å². The Kier molecular flexibility index (Phi) is 6.15. The molecule has 0 unspecified atom stereocenters. The molecule has 3 nitrogen and oxygen atoms in total. The molecular weight excluding hydrogens is 424 g/mol. The fraction of sp³-hybridized carbons (Fsp3) is 0.310. The van der Waals surface area contributed by atoms with Crippen molar-refractivity contribution in [3.8, 4) is 22.1 Å². The van der Waals surface area contributed by atoms with Crippen LogP contribution in [0.2, 0.25) is 0 Å². The fourth-order valence-corrected chi connectivity index (χ4v) is 6.11. The van der Waals surface area contributed by atoms with E-state index in [0.717, 1.165) is 27.8 Å². The number of hydrogen-bond donors (Lipinski definition) is 0. The van der Waals surface area contributed by atoms with E-state index in [9.17, 15) is 0 Å². The van der Waals surface area contributed by atoms with E-state index in [2.05, 4.69) is 82.9 Å². The molecule has 4 rings (SSSR count). The van der Waals surface area contributed by atoms with Gasteiger partial charge >= 0.3 is 0 Å². The van der Waals surface area contributed by atoms with E-state index < -0.39 is 0 Å². The molecule has 170 valence electrons. The van der Waals surface area contributed by atoms with Crippen molar-refractivity contribution in [1.29, 1.82) is 0 Å². The Labute approximate surface area is 201 Å². The Morgan fingerprint density at radius 2 is 1.39 bits per heavy atom. The molecule has 4 heteroatoms. The average molecular weight is 457 g/mol. The van der Waals surface area contributed by atoms with Gasteiger partial charge in [0.1, 0.15) is 16.5 Å². The molecule has 2 aromatic carbocycles. The Bertz CT molecular complexity index is 1190. The highest BCUT2D eigenvalue weighted by Crippen LogP contribution is 2.57. The molecule has 0 aliphatic heterocycles. The molecule has 0 fully saturated rings. The van der Waals surface area contributed by atoms with E-state index in [0.29, 0.717) is 0 Å². The Morgan fingerprint density at radius 1 is 0.697 bits per heavy atom. The molecule has 0 saturated carbocycles. The number of benzene rings is 2. The largest absolute Gasteiger partial charge is 0.457 e. The van der Waals surface area contributed by atoms with Gasteiger partial charge in [0.15, 0.2) is 0 Å². The lowest BCUT2D eigenvalue weighted by Gasteiger charge is -2.53. The summed E-state index contributed by atoms with van der Waals surface area (Å²) in [4.78, 5) is 9.29. The molecule has 4 aromatic rings. The second-order valence-corrected chi connectivity index (χ2v) is 11.4. The number of thiazole rings is 1. The van der Waals surface area contributed by atoms with Crippen LogP contribution in [0.3, 0.4) is 0 Å². The number of rotatable bonds is 5. The van der Waals surface area contributed by atoms with Crippen LogP contribution in [0.25, 0.3) is 10.6 Å². The Balaban J connectivity index is 1.80. The minimum atomic E-state index is -0.330. The molecule has 0 aliphatic carbocycles. The zero-order chi connectivity index (χ0) is 23.7. The van der Waals surface area contributed by atoms with Gasteiger partial charge in [-0.2, -0.15) is 0 Å². The fourth-order valence-electron chi connectivity index (χ4n) is 5.48. The molecule has 0 N–H and O–H groups in total. The number of nitrogens with zero attached hydrogens (tertiary/aromatic N) is 2. The summed E-state index contributed by atoms with van der Waals surface area (Å²) in [6.07, 6.45) is 3.72. The zero-order valence-corrected chi connectivity index (χ0v) is 21.1. The number of pyridine rings is 1. The highest BCUT2D eigenvalue weighted by atomic mass is 32.1. The first-order chi connectivity index (χ1) is 15.6. The number of hydrogen-bond acceptors (Lipinski definition) is 4. The molecule has 0 saturated heterocycles. The van der Waals surface area contributed by atoms with Gasteiger partial charge in [0.25, 0.3) is 0 Å². The smallest absolute Gasteiger partial charge is 0.128 e. The summed E-state index contributed by atoms with van der Waals surface area (Å²) in [5, 5.41) is 2.98. The lowest BCUT2D eigenvalue weighted by Crippen LogP contribution is -2.51. The van der Waals surface area contributed by atoms with Crippen LogP contribution < -0.4 is 4.74 Å². The molecule has 2 aromatic heterocycles.